The first-order valence-electron chi connectivity index (χ1n) is 2.77. The molecule has 9 heavy (non-hydrogen) atoms. The van der Waals surface area contributed by atoms with Crippen LogP contribution in [0.25, 0.3) is 0 Å². The van der Waals surface area contributed by atoms with Crippen molar-refractivity contribution < 1.29 is 14.4 Å². The zero-order chi connectivity index (χ0) is 6.53. The minimum atomic E-state index is -0.563. The highest BCUT2D eigenvalue weighted by molar-refractivity contribution is 5.57. The average Bonchev–Trinajstić information content (AvgIpc) is 2.13. The lowest BCUT2D eigenvalue weighted by Gasteiger charge is -2.02. The van der Waals surface area contributed by atoms with Crippen molar-refractivity contribution in [3.8, 4) is 0 Å². The van der Waals surface area contributed by atoms with Crippen LogP contribution in [0.2, 0.25) is 0 Å². The van der Waals surface area contributed by atoms with Crippen LogP contribution in [0.15, 0.2) is 0 Å². The Hall–Kier alpha value is -0.450. The van der Waals surface area contributed by atoms with Gasteiger partial charge in [-0.25, -0.2) is 0 Å². The summed E-state index contributed by atoms with van der Waals surface area (Å²) in [4.78, 5) is 14.7. The summed E-state index contributed by atoms with van der Waals surface area (Å²) >= 11 is 0. The molecule has 0 aromatic carbocycles. The summed E-state index contributed by atoms with van der Waals surface area (Å²) in [5.41, 5.74) is 2.56. The number of ether oxygens (including phenoxy) is 1. The van der Waals surface area contributed by atoms with Crippen LogP contribution < -0.4 is 5.48 Å². The minimum absolute atomic E-state index is 0.302. The SMILES string of the molecule is O=[C]C1COCCNO1. The summed E-state index contributed by atoms with van der Waals surface area (Å²) in [6, 6.07) is 0. The van der Waals surface area contributed by atoms with Gasteiger partial charge in [-0.15, -0.1) is 0 Å². The van der Waals surface area contributed by atoms with Gasteiger partial charge >= 0.3 is 0 Å². The fourth-order valence-electron chi connectivity index (χ4n) is 0.556. The van der Waals surface area contributed by atoms with Crippen molar-refractivity contribution in [2.45, 2.75) is 6.10 Å². The number of hydrogen-bond acceptors (Lipinski definition) is 4. The molecule has 0 aromatic rings. The Morgan fingerprint density at radius 3 is 3.33 bits per heavy atom. The van der Waals surface area contributed by atoms with Gasteiger partial charge in [0.15, 0.2) is 6.10 Å². The van der Waals surface area contributed by atoms with Crippen LogP contribution in [-0.2, 0) is 14.4 Å². The fraction of sp³-hybridized carbons (Fsp3) is 0.800. The van der Waals surface area contributed by atoms with Gasteiger partial charge in [0.2, 0.25) is 6.29 Å². The van der Waals surface area contributed by atoms with Crippen LogP contribution >= 0.6 is 0 Å². The van der Waals surface area contributed by atoms with Gasteiger partial charge in [-0.3, -0.25) is 9.63 Å². The van der Waals surface area contributed by atoms with Gasteiger partial charge in [0.05, 0.1) is 13.2 Å². The molecule has 1 heterocycles. The number of hydroxylamine groups is 1. The molecule has 0 bridgehead atoms. The third-order valence-corrected chi connectivity index (χ3v) is 0.975. The normalized spacial score (nSPS) is 29.1. The van der Waals surface area contributed by atoms with Gasteiger partial charge in [-0.05, 0) is 0 Å². The number of carbonyl (C=O) groups excluding carboxylic acids is 1. The highest BCUT2D eigenvalue weighted by Crippen LogP contribution is 1.90. The van der Waals surface area contributed by atoms with Crippen LogP contribution in [0.3, 0.4) is 0 Å². The second kappa shape index (κ2) is 3.55. The molecule has 4 heteroatoms. The minimum Gasteiger partial charge on any atom is -0.377 e. The van der Waals surface area contributed by atoms with Crippen molar-refractivity contribution >= 4 is 6.29 Å². The van der Waals surface area contributed by atoms with Crippen molar-refractivity contribution in [1.82, 2.24) is 5.48 Å². The predicted molar refractivity (Wildman–Crippen MR) is 29.4 cm³/mol. The molecule has 1 radical (unpaired) electrons. The molecule has 1 atom stereocenters. The summed E-state index contributed by atoms with van der Waals surface area (Å²) in [5, 5.41) is 0. The molecular weight excluding hydrogens is 122 g/mol. The van der Waals surface area contributed by atoms with Gasteiger partial charge in [0.25, 0.3) is 0 Å². The Balaban J connectivity index is 2.26. The van der Waals surface area contributed by atoms with E-state index in [2.05, 4.69) is 5.48 Å². The molecule has 1 N–H and O–H groups in total. The molecule has 0 saturated carbocycles. The molecule has 1 unspecified atom stereocenters. The van der Waals surface area contributed by atoms with Crippen LogP contribution in [0.1, 0.15) is 0 Å². The van der Waals surface area contributed by atoms with Crippen molar-refractivity contribution in [2.24, 2.45) is 0 Å². The van der Waals surface area contributed by atoms with Gasteiger partial charge < -0.3 is 4.74 Å². The van der Waals surface area contributed by atoms with E-state index in [0.717, 1.165) is 0 Å². The van der Waals surface area contributed by atoms with Gasteiger partial charge in [-0.1, -0.05) is 0 Å². The molecule has 51 valence electrons. The van der Waals surface area contributed by atoms with E-state index in [1.54, 1.807) is 6.29 Å². The van der Waals surface area contributed by atoms with E-state index in [4.69, 9.17) is 9.57 Å². The Kier molecular flexibility index (Phi) is 2.63. The molecule has 1 fully saturated rings. The first-order chi connectivity index (χ1) is 4.43. The van der Waals surface area contributed by atoms with Gasteiger partial charge in [-0.2, -0.15) is 5.48 Å². The third kappa shape index (κ3) is 2.09. The summed E-state index contributed by atoms with van der Waals surface area (Å²) < 4.78 is 4.95. The largest absolute Gasteiger partial charge is 0.377 e. The maximum Gasteiger partial charge on any atom is 0.234 e. The van der Waals surface area contributed by atoms with Crippen molar-refractivity contribution in [3.63, 3.8) is 0 Å². The zero-order valence-corrected chi connectivity index (χ0v) is 4.92. The maximum atomic E-state index is 9.94. The standard InChI is InChI=1S/C5H8NO3/c7-3-5-4-8-2-1-6-9-5/h5-6H,1-2,4H2. The Bertz CT molecular complexity index is 88.2. The highest BCUT2D eigenvalue weighted by atomic mass is 16.7. The van der Waals surface area contributed by atoms with Crippen molar-refractivity contribution in [3.05, 3.63) is 0 Å². The highest BCUT2D eigenvalue weighted by Gasteiger charge is 2.11. The van der Waals surface area contributed by atoms with E-state index in [-0.39, 0.29) is 0 Å². The maximum absolute atomic E-state index is 9.94. The van der Waals surface area contributed by atoms with E-state index in [0.29, 0.717) is 19.8 Å². The van der Waals surface area contributed by atoms with Crippen LogP contribution in [-0.4, -0.2) is 32.1 Å². The Labute approximate surface area is 53.1 Å². The molecule has 1 saturated heterocycles. The zero-order valence-electron chi connectivity index (χ0n) is 4.92. The van der Waals surface area contributed by atoms with Crippen molar-refractivity contribution in [2.75, 3.05) is 19.8 Å². The molecular formula is C5H8NO3. The van der Waals surface area contributed by atoms with E-state index in [1.165, 1.54) is 0 Å². The number of nitrogens with one attached hydrogen (secondary N) is 1. The molecule has 1 aliphatic heterocycles. The number of rotatable bonds is 1. The number of hydrogen-bond donors (Lipinski definition) is 1. The monoisotopic (exact) mass is 130 g/mol. The second-order valence-corrected chi connectivity index (χ2v) is 1.69. The average molecular weight is 130 g/mol. The third-order valence-electron chi connectivity index (χ3n) is 0.975. The Morgan fingerprint density at radius 2 is 2.56 bits per heavy atom. The topological polar surface area (TPSA) is 47.6 Å². The lowest BCUT2D eigenvalue weighted by atomic mass is 10.4. The van der Waals surface area contributed by atoms with Crippen LogP contribution in [0.4, 0.5) is 0 Å². The molecule has 1 rings (SSSR count). The smallest absolute Gasteiger partial charge is 0.234 e. The summed E-state index contributed by atoms with van der Waals surface area (Å²) in [7, 11) is 0. The fourth-order valence-corrected chi connectivity index (χ4v) is 0.556. The molecule has 4 nitrogen and oxygen atoms in total. The van der Waals surface area contributed by atoms with E-state index < -0.39 is 6.10 Å². The second-order valence-electron chi connectivity index (χ2n) is 1.69. The molecule has 0 aromatic heterocycles. The van der Waals surface area contributed by atoms with E-state index in [9.17, 15) is 4.79 Å². The molecule has 0 spiro atoms. The quantitative estimate of drug-likeness (QED) is 0.495. The first kappa shape index (κ1) is 6.67. The van der Waals surface area contributed by atoms with Gasteiger partial charge in [0, 0.05) is 6.54 Å². The predicted octanol–water partition coefficient (Wildman–Crippen LogP) is -0.984. The summed E-state index contributed by atoms with van der Waals surface area (Å²) in [6.45, 7) is 1.51. The van der Waals surface area contributed by atoms with Crippen molar-refractivity contribution in [1.29, 1.82) is 0 Å². The lowest BCUT2D eigenvalue weighted by Crippen LogP contribution is -2.25. The Morgan fingerprint density at radius 1 is 1.67 bits per heavy atom. The summed E-state index contributed by atoms with van der Waals surface area (Å²) in [6.07, 6.45) is 1.12. The van der Waals surface area contributed by atoms with Crippen LogP contribution in [0.5, 0.6) is 0 Å². The molecule has 0 aliphatic carbocycles. The molecule has 0 amide bonds. The van der Waals surface area contributed by atoms with Crippen LogP contribution in [0, 0.1) is 0 Å². The van der Waals surface area contributed by atoms with Gasteiger partial charge in [0.1, 0.15) is 0 Å². The lowest BCUT2D eigenvalue weighted by molar-refractivity contribution is 0.00904. The first-order valence-corrected chi connectivity index (χ1v) is 2.77. The van der Waals surface area contributed by atoms with E-state index >= 15 is 0 Å². The summed E-state index contributed by atoms with van der Waals surface area (Å²) in [5.74, 6) is 0. The molecule has 1 aliphatic rings. The van der Waals surface area contributed by atoms with E-state index in [1.807, 2.05) is 0 Å².